The van der Waals surface area contributed by atoms with Crippen LogP contribution in [-0.4, -0.2) is 40.4 Å². The van der Waals surface area contributed by atoms with Gasteiger partial charge in [0.2, 0.25) is 5.28 Å². The molecule has 6 heteroatoms. The minimum absolute atomic E-state index is 0.197. The summed E-state index contributed by atoms with van der Waals surface area (Å²) in [4.78, 5) is 7.92. The summed E-state index contributed by atoms with van der Waals surface area (Å²) in [5.74, 6) is 0.653. The number of aliphatic hydroxyl groups is 1. The minimum Gasteiger partial charge on any atom is -0.386 e. The molecule has 2 N–H and O–H groups in total. The van der Waals surface area contributed by atoms with Crippen molar-refractivity contribution in [3.05, 3.63) is 17.0 Å². The van der Waals surface area contributed by atoms with Gasteiger partial charge in [0, 0.05) is 31.3 Å². The van der Waals surface area contributed by atoms with Crippen molar-refractivity contribution in [1.29, 1.82) is 0 Å². The van der Waals surface area contributed by atoms with E-state index in [4.69, 9.17) is 16.3 Å². The highest BCUT2D eigenvalue weighted by atomic mass is 35.5. The molecule has 0 radical (unpaired) electrons. The summed E-state index contributed by atoms with van der Waals surface area (Å²) < 4.78 is 5.15. The number of hydrogen-bond donors (Lipinski definition) is 2. The van der Waals surface area contributed by atoms with Gasteiger partial charge in [-0.15, -0.1) is 0 Å². The Morgan fingerprint density at radius 1 is 1.69 bits per heavy atom. The van der Waals surface area contributed by atoms with E-state index in [1.807, 2.05) is 6.92 Å². The first kappa shape index (κ1) is 11.6. The molecule has 0 amide bonds. The van der Waals surface area contributed by atoms with Gasteiger partial charge in [0.05, 0.1) is 6.61 Å². The Kier molecular flexibility index (Phi) is 3.28. The van der Waals surface area contributed by atoms with E-state index in [9.17, 15) is 5.11 Å². The van der Waals surface area contributed by atoms with Crippen molar-refractivity contribution in [3.63, 3.8) is 0 Å². The maximum absolute atomic E-state index is 10.0. The van der Waals surface area contributed by atoms with Gasteiger partial charge in [0.1, 0.15) is 11.4 Å². The molecule has 0 aromatic carbocycles. The molecule has 0 spiro atoms. The largest absolute Gasteiger partial charge is 0.386 e. The number of nitrogens with one attached hydrogen (secondary N) is 1. The summed E-state index contributed by atoms with van der Waals surface area (Å²) in [6.07, 6.45) is 2.28. The first-order valence-electron chi connectivity index (χ1n) is 5.12. The highest BCUT2D eigenvalue weighted by Crippen LogP contribution is 2.20. The third kappa shape index (κ3) is 2.61. The average Bonchev–Trinajstić information content (AvgIpc) is 2.67. The fourth-order valence-corrected chi connectivity index (χ4v) is 1.72. The molecule has 1 fully saturated rings. The zero-order chi connectivity index (χ0) is 11.6. The summed E-state index contributed by atoms with van der Waals surface area (Å²) in [5.41, 5.74) is 0.0936. The van der Waals surface area contributed by atoms with Crippen LogP contribution in [0.15, 0.2) is 6.20 Å². The summed E-state index contributed by atoms with van der Waals surface area (Å²) >= 11 is 5.70. The fraction of sp³-hybridized carbons (Fsp3) is 0.600. The molecule has 0 saturated carbocycles. The van der Waals surface area contributed by atoms with E-state index >= 15 is 0 Å². The molecule has 16 heavy (non-hydrogen) atoms. The summed E-state index contributed by atoms with van der Waals surface area (Å²) in [5, 5.41) is 13.3. The number of ether oxygens (including phenoxy) is 1. The van der Waals surface area contributed by atoms with Crippen LogP contribution in [0.1, 0.15) is 12.0 Å². The van der Waals surface area contributed by atoms with Crippen LogP contribution in [0.2, 0.25) is 5.28 Å². The molecular weight excluding hydrogens is 230 g/mol. The summed E-state index contributed by atoms with van der Waals surface area (Å²) in [6, 6.07) is 0. The molecule has 0 bridgehead atoms. The quantitative estimate of drug-likeness (QED) is 0.776. The second-order valence-electron chi connectivity index (χ2n) is 4.05. The zero-order valence-corrected chi connectivity index (χ0v) is 9.79. The number of aromatic nitrogens is 2. The second-order valence-corrected chi connectivity index (χ2v) is 4.39. The van der Waals surface area contributed by atoms with E-state index in [1.165, 1.54) is 0 Å². The van der Waals surface area contributed by atoms with Gasteiger partial charge in [-0.2, -0.15) is 0 Å². The van der Waals surface area contributed by atoms with Crippen molar-refractivity contribution in [2.24, 2.45) is 0 Å². The topological polar surface area (TPSA) is 67.3 Å². The van der Waals surface area contributed by atoms with E-state index in [0.29, 0.717) is 32.0 Å². The lowest BCUT2D eigenvalue weighted by atomic mass is 10.0. The Balaban J connectivity index is 2.01. The van der Waals surface area contributed by atoms with Crippen molar-refractivity contribution in [2.75, 3.05) is 25.1 Å². The SMILES string of the molecule is Cc1cnc(Cl)nc1NCC1(O)CCOC1. The molecule has 1 atom stereocenters. The summed E-state index contributed by atoms with van der Waals surface area (Å²) in [6.45, 7) is 3.24. The zero-order valence-electron chi connectivity index (χ0n) is 9.03. The van der Waals surface area contributed by atoms with Crippen LogP contribution in [-0.2, 0) is 4.74 Å². The highest BCUT2D eigenvalue weighted by Gasteiger charge is 2.32. The van der Waals surface area contributed by atoms with Crippen LogP contribution in [0.3, 0.4) is 0 Å². The predicted octanol–water partition coefficient (Wildman–Crippen LogP) is 1.00. The van der Waals surface area contributed by atoms with Gasteiger partial charge >= 0.3 is 0 Å². The number of halogens is 1. The monoisotopic (exact) mass is 243 g/mol. The van der Waals surface area contributed by atoms with Gasteiger partial charge < -0.3 is 15.2 Å². The van der Waals surface area contributed by atoms with Gasteiger partial charge in [-0.1, -0.05) is 0 Å². The van der Waals surface area contributed by atoms with Crippen LogP contribution in [0, 0.1) is 6.92 Å². The maximum Gasteiger partial charge on any atom is 0.224 e. The Labute approximate surface area is 98.8 Å². The van der Waals surface area contributed by atoms with E-state index in [2.05, 4.69) is 15.3 Å². The molecule has 0 aliphatic carbocycles. The first-order chi connectivity index (χ1) is 7.59. The van der Waals surface area contributed by atoms with Crippen molar-refractivity contribution < 1.29 is 9.84 Å². The van der Waals surface area contributed by atoms with E-state index in [1.54, 1.807) is 6.20 Å². The van der Waals surface area contributed by atoms with Crippen molar-refractivity contribution in [1.82, 2.24) is 9.97 Å². The van der Waals surface area contributed by atoms with Gasteiger partial charge in [0.15, 0.2) is 0 Å². The van der Waals surface area contributed by atoms with Gasteiger partial charge in [-0.25, -0.2) is 9.97 Å². The Hall–Kier alpha value is -0.910. The third-order valence-corrected chi connectivity index (χ3v) is 2.79. The van der Waals surface area contributed by atoms with Crippen LogP contribution < -0.4 is 5.32 Å². The third-order valence-electron chi connectivity index (χ3n) is 2.61. The number of anilines is 1. The van der Waals surface area contributed by atoms with Gasteiger partial charge in [-0.3, -0.25) is 0 Å². The number of nitrogens with zero attached hydrogens (tertiary/aromatic N) is 2. The molecule has 1 saturated heterocycles. The minimum atomic E-state index is -0.802. The van der Waals surface area contributed by atoms with Crippen LogP contribution >= 0.6 is 11.6 Å². The summed E-state index contributed by atoms with van der Waals surface area (Å²) in [7, 11) is 0. The molecule has 88 valence electrons. The lowest BCUT2D eigenvalue weighted by Gasteiger charge is -2.21. The normalized spacial score (nSPS) is 24.7. The van der Waals surface area contributed by atoms with Crippen LogP contribution in [0.5, 0.6) is 0 Å². The average molecular weight is 244 g/mol. The number of rotatable bonds is 3. The Morgan fingerprint density at radius 2 is 2.50 bits per heavy atom. The molecule has 1 aromatic heterocycles. The highest BCUT2D eigenvalue weighted by molar-refractivity contribution is 6.28. The fourth-order valence-electron chi connectivity index (χ4n) is 1.58. The van der Waals surface area contributed by atoms with Crippen molar-refractivity contribution in [3.8, 4) is 0 Å². The van der Waals surface area contributed by atoms with Gasteiger partial charge in [0.25, 0.3) is 0 Å². The smallest absolute Gasteiger partial charge is 0.224 e. The molecule has 5 nitrogen and oxygen atoms in total. The molecule has 1 unspecified atom stereocenters. The molecular formula is C10H14ClN3O2. The molecule has 2 rings (SSSR count). The number of hydrogen-bond acceptors (Lipinski definition) is 5. The lowest BCUT2D eigenvalue weighted by molar-refractivity contribution is 0.0381. The van der Waals surface area contributed by atoms with E-state index < -0.39 is 5.60 Å². The molecule has 1 aliphatic heterocycles. The van der Waals surface area contributed by atoms with Gasteiger partial charge in [-0.05, 0) is 18.5 Å². The molecule has 2 heterocycles. The number of aryl methyl sites for hydroxylation is 1. The predicted molar refractivity (Wildman–Crippen MR) is 60.7 cm³/mol. The molecule has 1 aromatic rings. The Morgan fingerprint density at radius 3 is 3.19 bits per heavy atom. The molecule has 1 aliphatic rings. The van der Waals surface area contributed by atoms with Crippen LogP contribution in [0.25, 0.3) is 0 Å². The van der Waals surface area contributed by atoms with Crippen molar-refractivity contribution >= 4 is 17.4 Å². The van der Waals surface area contributed by atoms with E-state index in [0.717, 1.165) is 5.56 Å². The van der Waals surface area contributed by atoms with E-state index in [-0.39, 0.29) is 5.28 Å². The second kappa shape index (κ2) is 4.53. The first-order valence-corrected chi connectivity index (χ1v) is 5.50. The lowest BCUT2D eigenvalue weighted by Crippen LogP contribution is -2.37. The van der Waals surface area contributed by atoms with Crippen molar-refractivity contribution in [2.45, 2.75) is 18.9 Å². The van der Waals surface area contributed by atoms with Crippen LogP contribution in [0.4, 0.5) is 5.82 Å². The Bertz CT molecular complexity index is 380. The standard InChI is InChI=1S/C10H14ClN3O2/c1-7-4-12-9(11)14-8(7)13-5-10(15)2-3-16-6-10/h4,15H,2-3,5-6H2,1H3,(H,12,13,14). The maximum atomic E-state index is 10.0.